The van der Waals surface area contributed by atoms with Crippen LogP contribution in [0.3, 0.4) is 0 Å². The Morgan fingerprint density at radius 3 is 1.07 bits per heavy atom. The largest absolute Gasteiger partial charge is 0.311 e. The zero-order valence-electron chi connectivity index (χ0n) is 32.3. The number of hydrogen-bond acceptors (Lipinski definition) is 2. The molecule has 10 aromatic rings. The third-order valence-electron chi connectivity index (χ3n) is 12.4. The quantitative estimate of drug-likeness (QED) is 0.162. The lowest BCUT2D eigenvalue weighted by molar-refractivity contribution is 1.27. The Kier molecular flexibility index (Phi) is 7.67. The molecule has 0 fully saturated rings. The molecule has 2 heterocycles. The fourth-order valence-corrected chi connectivity index (χ4v) is 9.72. The summed E-state index contributed by atoms with van der Waals surface area (Å²) in [5.41, 5.74) is 18.3. The van der Waals surface area contributed by atoms with E-state index in [1.807, 2.05) is 0 Å². The maximum absolute atomic E-state index is 2.55. The highest BCUT2D eigenvalue weighted by Crippen LogP contribution is 2.49. The van der Waals surface area contributed by atoms with Crippen molar-refractivity contribution in [2.75, 3.05) is 9.80 Å². The Balaban J connectivity index is 1.18. The van der Waals surface area contributed by atoms with Crippen molar-refractivity contribution in [2.24, 2.45) is 0 Å². The van der Waals surface area contributed by atoms with Crippen LogP contribution in [0.4, 0.5) is 34.1 Å². The van der Waals surface area contributed by atoms with Crippen LogP contribution in [0.1, 0.15) is 0 Å². The predicted molar refractivity (Wildman–Crippen MR) is 252 cm³/mol. The number of nitrogens with zero attached hydrogens (tertiary/aromatic N) is 2. The Morgan fingerprint density at radius 1 is 0.288 bits per heavy atom. The van der Waals surface area contributed by atoms with E-state index in [1.165, 1.54) is 94.1 Å². The van der Waals surface area contributed by atoms with Crippen molar-refractivity contribution < 1.29 is 0 Å². The van der Waals surface area contributed by atoms with Crippen LogP contribution in [0.25, 0.3) is 54.9 Å². The molecule has 59 heavy (non-hydrogen) atoms. The third-order valence-corrected chi connectivity index (χ3v) is 12.4. The zero-order valence-corrected chi connectivity index (χ0v) is 32.3. The normalized spacial score (nSPS) is 12.6. The average molecular weight is 749 g/mol. The van der Waals surface area contributed by atoms with Crippen molar-refractivity contribution in [2.45, 2.75) is 0 Å². The van der Waals surface area contributed by atoms with Gasteiger partial charge in [0.25, 0.3) is 6.71 Å². The molecule has 2 nitrogen and oxygen atoms in total. The highest BCUT2D eigenvalue weighted by molar-refractivity contribution is 7.00. The zero-order chi connectivity index (χ0) is 38.9. The first kappa shape index (κ1) is 33.5. The molecule has 2 aliphatic heterocycles. The van der Waals surface area contributed by atoms with Crippen LogP contribution >= 0.6 is 0 Å². The second-order valence-corrected chi connectivity index (χ2v) is 15.7. The SMILES string of the molecule is c1ccc(-c2ccc(N3c4cc(-c5ccccc5)cc5c4B(c4ccc6ccccc6c43)c3ccc4ccccc4c3N5c3ccc(-c4ccccc4)cc3)cc2)cc1. The van der Waals surface area contributed by atoms with E-state index in [-0.39, 0.29) is 6.71 Å². The third kappa shape index (κ3) is 5.36. The molecule has 0 amide bonds. The van der Waals surface area contributed by atoms with Crippen molar-refractivity contribution in [3.8, 4) is 33.4 Å². The molecule has 0 radical (unpaired) electrons. The van der Waals surface area contributed by atoms with Crippen molar-refractivity contribution >= 4 is 78.8 Å². The molecule has 0 N–H and O–H groups in total. The van der Waals surface area contributed by atoms with Crippen LogP contribution in [-0.4, -0.2) is 6.71 Å². The minimum Gasteiger partial charge on any atom is -0.311 e. The highest BCUT2D eigenvalue weighted by atomic mass is 15.2. The van der Waals surface area contributed by atoms with Gasteiger partial charge in [0, 0.05) is 44.9 Å². The van der Waals surface area contributed by atoms with Crippen LogP contribution in [0.5, 0.6) is 0 Å². The number of anilines is 6. The minimum absolute atomic E-state index is 0.00344. The summed E-state index contributed by atoms with van der Waals surface area (Å²) in [6.07, 6.45) is 0. The van der Waals surface area contributed by atoms with Gasteiger partial charge in [-0.1, -0.05) is 188 Å². The van der Waals surface area contributed by atoms with Gasteiger partial charge in [0.15, 0.2) is 0 Å². The van der Waals surface area contributed by atoms with E-state index in [1.54, 1.807) is 0 Å². The Bertz CT molecular complexity index is 3000. The highest BCUT2D eigenvalue weighted by Gasteiger charge is 2.44. The maximum atomic E-state index is 2.55. The lowest BCUT2D eigenvalue weighted by atomic mass is 9.33. The summed E-state index contributed by atoms with van der Waals surface area (Å²) in [6.45, 7) is 0.00344. The van der Waals surface area contributed by atoms with Crippen molar-refractivity contribution in [3.05, 3.63) is 224 Å². The standard InChI is InChI=1S/C56H37BN2/c1-4-14-38(15-5-1)41-24-30-46(31-25-41)58-52-36-45(40-18-8-3-9-19-40)37-53-54(52)57(50-34-28-43-20-10-12-22-48(43)55(50)58)51-35-29-44-21-11-13-23-49(44)56(51)59(53)47-32-26-42(27-33-47)39-16-6-2-7-17-39/h1-37H. The van der Waals surface area contributed by atoms with E-state index in [2.05, 4.69) is 234 Å². The Labute approximate surface area is 345 Å². The first-order valence-electron chi connectivity index (χ1n) is 20.5. The van der Waals surface area contributed by atoms with Crippen LogP contribution < -0.4 is 26.2 Å². The van der Waals surface area contributed by atoms with Crippen LogP contribution in [0, 0.1) is 0 Å². The molecule has 274 valence electrons. The van der Waals surface area contributed by atoms with Crippen molar-refractivity contribution in [1.82, 2.24) is 0 Å². The van der Waals surface area contributed by atoms with E-state index < -0.39 is 0 Å². The van der Waals surface area contributed by atoms with Gasteiger partial charge >= 0.3 is 0 Å². The van der Waals surface area contributed by atoms with Gasteiger partial charge < -0.3 is 9.80 Å². The summed E-state index contributed by atoms with van der Waals surface area (Å²) >= 11 is 0. The second-order valence-electron chi connectivity index (χ2n) is 15.7. The van der Waals surface area contributed by atoms with Crippen LogP contribution in [0.15, 0.2) is 224 Å². The molecule has 0 spiro atoms. The smallest absolute Gasteiger partial charge is 0.252 e. The number of rotatable bonds is 5. The van der Waals surface area contributed by atoms with Crippen molar-refractivity contribution in [1.29, 1.82) is 0 Å². The molecule has 12 rings (SSSR count). The van der Waals surface area contributed by atoms with Crippen LogP contribution in [-0.2, 0) is 0 Å². The van der Waals surface area contributed by atoms with Gasteiger partial charge in [-0.3, -0.25) is 0 Å². The Hall–Kier alpha value is -7.62. The summed E-state index contributed by atoms with van der Waals surface area (Å²) in [6, 6.07) is 82.6. The summed E-state index contributed by atoms with van der Waals surface area (Å²) in [7, 11) is 0. The molecule has 3 heteroatoms. The monoisotopic (exact) mass is 748 g/mol. The van der Waals surface area contributed by atoms with E-state index in [0.717, 1.165) is 11.4 Å². The van der Waals surface area contributed by atoms with E-state index in [0.29, 0.717) is 0 Å². The van der Waals surface area contributed by atoms with Gasteiger partial charge in [-0.15, -0.1) is 0 Å². The van der Waals surface area contributed by atoms with Crippen LogP contribution in [0.2, 0.25) is 0 Å². The predicted octanol–water partition coefficient (Wildman–Crippen LogP) is 13.1. The Morgan fingerprint density at radius 2 is 0.644 bits per heavy atom. The number of benzene rings is 10. The van der Waals surface area contributed by atoms with Gasteiger partial charge in [0.05, 0.1) is 0 Å². The summed E-state index contributed by atoms with van der Waals surface area (Å²) < 4.78 is 0. The maximum Gasteiger partial charge on any atom is 0.252 e. The summed E-state index contributed by atoms with van der Waals surface area (Å²) in [5, 5.41) is 4.95. The second kappa shape index (κ2) is 13.5. The summed E-state index contributed by atoms with van der Waals surface area (Å²) in [5.74, 6) is 0. The molecule has 0 unspecified atom stereocenters. The number of hydrogen-bond donors (Lipinski definition) is 0. The molecule has 0 atom stereocenters. The first-order valence-corrected chi connectivity index (χ1v) is 20.5. The van der Waals surface area contributed by atoms with Gasteiger partial charge in [-0.25, -0.2) is 0 Å². The lowest BCUT2D eigenvalue weighted by Crippen LogP contribution is -2.61. The fourth-order valence-electron chi connectivity index (χ4n) is 9.72. The fraction of sp³-hybridized carbons (Fsp3) is 0. The molecule has 0 saturated heterocycles. The summed E-state index contributed by atoms with van der Waals surface area (Å²) in [4.78, 5) is 5.11. The molecule has 0 aliphatic carbocycles. The number of fused-ring (bicyclic) bond motifs is 8. The van der Waals surface area contributed by atoms with Gasteiger partial charge in [0.1, 0.15) is 0 Å². The molecular weight excluding hydrogens is 711 g/mol. The lowest BCUT2D eigenvalue weighted by Gasteiger charge is -2.45. The van der Waals surface area contributed by atoms with Gasteiger partial charge in [-0.05, 0) is 96.9 Å². The van der Waals surface area contributed by atoms with Gasteiger partial charge in [0.2, 0.25) is 0 Å². The molecule has 0 saturated carbocycles. The van der Waals surface area contributed by atoms with Gasteiger partial charge in [-0.2, -0.15) is 0 Å². The molecule has 0 bridgehead atoms. The minimum atomic E-state index is 0.00344. The molecule has 10 aromatic carbocycles. The first-order chi connectivity index (χ1) is 29.3. The topological polar surface area (TPSA) is 6.48 Å². The van der Waals surface area contributed by atoms with E-state index >= 15 is 0 Å². The molecule has 2 aliphatic rings. The van der Waals surface area contributed by atoms with E-state index in [4.69, 9.17) is 0 Å². The molecule has 0 aromatic heterocycles. The van der Waals surface area contributed by atoms with E-state index in [9.17, 15) is 0 Å². The average Bonchev–Trinajstić information content (AvgIpc) is 3.32. The molecular formula is C56H37BN2. The van der Waals surface area contributed by atoms with Crippen molar-refractivity contribution in [3.63, 3.8) is 0 Å².